The second-order valence-electron chi connectivity index (χ2n) is 5.56. The van der Waals surface area contributed by atoms with Gasteiger partial charge in [-0.1, -0.05) is 72.3 Å². The van der Waals surface area contributed by atoms with Crippen molar-refractivity contribution >= 4 is 28.8 Å². The van der Waals surface area contributed by atoms with Crippen LogP contribution in [-0.4, -0.2) is 18.2 Å². The quantitative estimate of drug-likeness (QED) is 0.455. The third-order valence-electron chi connectivity index (χ3n) is 3.78. The van der Waals surface area contributed by atoms with E-state index in [1.165, 1.54) is 0 Å². The number of hydrogen-bond acceptors (Lipinski definition) is 3. The summed E-state index contributed by atoms with van der Waals surface area (Å²) in [7, 11) is 0. The highest BCUT2D eigenvalue weighted by molar-refractivity contribution is 7.80. The number of rotatable bonds is 7. The first-order valence-electron chi connectivity index (χ1n) is 8.14. The van der Waals surface area contributed by atoms with Crippen LogP contribution in [0.1, 0.15) is 5.56 Å². The SMILES string of the molecule is NC(=S)c1cc(Cl)ccc1OCCOc1ccccc1-c1ccccc1. The molecule has 0 bridgehead atoms. The standard InChI is InChI=1S/C21H18ClNO2S/c22-16-10-11-20(18(14-16)21(23)26)25-13-12-24-19-9-5-4-8-17(19)15-6-2-1-3-7-15/h1-11,14H,12-13H2,(H2,23,26). The number of benzene rings is 3. The van der Waals surface area contributed by atoms with Crippen LogP contribution in [0.4, 0.5) is 0 Å². The second-order valence-corrected chi connectivity index (χ2v) is 6.44. The molecule has 3 aromatic carbocycles. The third kappa shape index (κ3) is 4.54. The molecule has 3 aromatic rings. The van der Waals surface area contributed by atoms with Crippen molar-refractivity contribution in [3.8, 4) is 22.6 Å². The Hall–Kier alpha value is -2.56. The summed E-state index contributed by atoms with van der Waals surface area (Å²) in [5.41, 5.74) is 8.50. The summed E-state index contributed by atoms with van der Waals surface area (Å²) in [4.78, 5) is 0.248. The Labute approximate surface area is 163 Å². The molecule has 26 heavy (non-hydrogen) atoms. The van der Waals surface area contributed by atoms with Gasteiger partial charge in [-0.2, -0.15) is 0 Å². The molecule has 3 rings (SSSR count). The first-order valence-corrected chi connectivity index (χ1v) is 8.93. The third-order valence-corrected chi connectivity index (χ3v) is 4.23. The topological polar surface area (TPSA) is 44.5 Å². The summed E-state index contributed by atoms with van der Waals surface area (Å²) in [6.07, 6.45) is 0. The zero-order chi connectivity index (χ0) is 18.4. The van der Waals surface area contributed by atoms with Gasteiger partial charge in [0.05, 0.1) is 5.56 Å². The van der Waals surface area contributed by atoms with Gasteiger partial charge in [0.25, 0.3) is 0 Å². The summed E-state index contributed by atoms with van der Waals surface area (Å²) < 4.78 is 11.7. The molecular weight excluding hydrogens is 366 g/mol. The molecule has 0 amide bonds. The van der Waals surface area contributed by atoms with Gasteiger partial charge < -0.3 is 15.2 Å². The molecule has 0 aromatic heterocycles. The van der Waals surface area contributed by atoms with Crippen molar-refractivity contribution in [3.63, 3.8) is 0 Å². The van der Waals surface area contributed by atoms with E-state index in [2.05, 4.69) is 12.1 Å². The van der Waals surface area contributed by atoms with Gasteiger partial charge in [0.1, 0.15) is 29.7 Å². The molecule has 0 unspecified atom stereocenters. The molecule has 0 atom stereocenters. The summed E-state index contributed by atoms with van der Waals surface area (Å²) in [6.45, 7) is 0.754. The van der Waals surface area contributed by atoms with Gasteiger partial charge in [0.15, 0.2) is 0 Å². The highest BCUT2D eigenvalue weighted by Gasteiger charge is 2.09. The predicted molar refractivity (Wildman–Crippen MR) is 110 cm³/mol. The van der Waals surface area contributed by atoms with E-state index in [4.69, 9.17) is 39.0 Å². The van der Waals surface area contributed by atoms with Crippen molar-refractivity contribution in [2.24, 2.45) is 5.73 Å². The monoisotopic (exact) mass is 383 g/mol. The van der Waals surface area contributed by atoms with Crippen molar-refractivity contribution in [1.82, 2.24) is 0 Å². The molecule has 0 aliphatic rings. The summed E-state index contributed by atoms with van der Waals surface area (Å²) in [5, 5.41) is 0.563. The lowest BCUT2D eigenvalue weighted by Gasteiger charge is -2.14. The smallest absolute Gasteiger partial charge is 0.129 e. The van der Waals surface area contributed by atoms with Crippen LogP contribution in [0.2, 0.25) is 5.02 Å². The first kappa shape index (κ1) is 18.2. The van der Waals surface area contributed by atoms with E-state index in [9.17, 15) is 0 Å². The maximum atomic E-state index is 5.98. The zero-order valence-corrected chi connectivity index (χ0v) is 15.6. The molecule has 3 nitrogen and oxygen atoms in total. The highest BCUT2D eigenvalue weighted by atomic mass is 35.5. The maximum Gasteiger partial charge on any atom is 0.129 e. The van der Waals surface area contributed by atoms with Crippen molar-refractivity contribution in [2.45, 2.75) is 0 Å². The predicted octanol–water partition coefficient (Wildman–Crippen LogP) is 5.10. The van der Waals surface area contributed by atoms with Crippen LogP contribution in [0.15, 0.2) is 72.8 Å². The van der Waals surface area contributed by atoms with E-state index in [0.717, 1.165) is 16.9 Å². The molecule has 0 fully saturated rings. The molecule has 132 valence electrons. The fourth-order valence-corrected chi connectivity index (χ4v) is 2.90. The number of halogens is 1. The minimum absolute atomic E-state index is 0.248. The molecule has 5 heteroatoms. The van der Waals surface area contributed by atoms with Crippen molar-refractivity contribution in [3.05, 3.63) is 83.4 Å². The fraction of sp³-hybridized carbons (Fsp3) is 0.0952. The molecule has 2 N–H and O–H groups in total. The molecule has 0 aliphatic carbocycles. The molecule has 0 heterocycles. The van der Waals surface area contributed by atoms with E-state index in [1.807, 2.05) is 42.5 Å². The van der Waals surface area contributed by atoms with Crippen LogP contribution >= 0.6 is 23.8 Å². The minimum Gasteiger partial charge on any atom is -0.489 e. The van der Waals surface area contributed by atoms with Crippen molar-refractivity contribution < 1.29 is 9.47 Å². The Bertz CT molecular complexity index is 900. The van der Waals surface area contributed by atoms with Crippen LogP contribution in [-0.2, 0) is 0 Å². The Morgan fingerprint density at radius 1 is 0.846 bits per heavy atom. The van der Waals surface area contributed by atoms with Crippen LogP contribution in [0.5, 0.6) is 11.5 Å². The van der Waals surface area contributed by atoms with E-state index >= 15 is 0 Å². The van der Waals surface area contributed by atoms with Gasteiger partial charge in [0, 0.05) is 10.6 Å². The number of ether oxygens (including phenoxy) is 2. The number of thiocarbonyl (C=S) groups is 1. The van der Waals surface area contributed by atoms with Crippen LogP contribution < -0.4 is 15.2 Å². The van der Waals surface area contributed by atoms with Crippen molar-refractivity contribution in [1.29, 1.82) is 0 Å². The summed E-state index contributed by atoms with van der Waals surface area (Å²) in [5.74, 6) is 1.41. The normalized spacial score (nSPS) is 10.3. The largest absolute Gasteiger partial charge is 0.489 e. The first-order chi connectivity index (χ1) is 12.6. The van der Waals surface area contributed by atoms with Gasteiger partial charge in [-0.05, 0) is 29.8 Å². The molecule has 0 saturated carbocycles. The fourth-order valence-electron chi connectivity index (χ4n) is 2.57. The van der Waals surface area contributed by atoms with Gasteiger partial charge in [-0.25, -0.2) is 0 Å². The number of para-hydroxylation sites is 1. The maximum absolute atomic E-state index is 5.98. The Morgan fingerprint density at radius 2 is 1.50 bits per heavy atom. The summed E-state index contributed by atoms with van der Waals surface area (Å²) in [6, 6.07) is 23.2. The highest BCUT2D eigenvalue weighted by Crippen LogP contribution is 2.29. The Kier molecular flexibility index (Phi) is 6.10. The lowest BCUT2D eigenvalue weighted by atomic mass is 10.1. The van der Waals surface area contributed by atoms with Crippen molar-refractivity contribution in [2.75, 3.05) is 13.2 Å². The zero-order valence-electron chi connectivity index (χ0n) is 14.0. The average Bonchev–Trinajstić information content (AvgIpc) is 2.67. The van der Waals surface area contributed by atoms with E-state index in [0.29, 0.717) is 29.5 Å². The average molecular weight is 384 g/mol. The molecule has 0 radical (unpaired) electrons. The second kappa shape index (κ2) is 8.70. The van der Waals surface area contributed by atoms with Gasteiger partial charge >= 0.3 is 0 Å². The summed E-state index contributed by atoms with van der Waals surface area (Å²) >= 11 is 11.0. The van der Waals surface area contributed by atoms with Gasteiger partial charge in [0.2, 0.25) is 0 Å². The molecular formula is C21H18ClNO2S. The Morgan fingerprint density at radius 3 is 2.23 bits per heavy atom. The lowest BCUT2D eigenvalue weighted by Crippen LogP contribution is -2.14. The Balaban J connectivity index is 1.64. The molecule has 0 saturated heterocycles. The number of nitrogens with two attached hydrogens (primary N) is 1. The van der Waals surface area contributed by atoms with E-state index < -0.39 is 0 Å². The van der Waals surface area contributed by atoms with Gasteiger partial charge in [-0.15, -0.1) is 0 Å². The van der Waals surface area contributed by atoms with Crippen LogP contribution in [0, 0.1) is 0 Å². The molecule has 0 spiro atoms. The van der Waals surface area contributed by atoms with E-state index in [1.54, 1.807) is 18.2 Å². The molecule has 0 aliphatic heterocycles. The van der Waals surface area contributed by atoms with Crippen LogP contribution in [0.25, 0.3) is 11.1 Å². The van der Waals surface area contributed by atoms with Crippen LogP contribution in [0.3, 0.4) is 0 Å². The number of hydrogen-bond donors (Lipinski definition) is 1. The van der Waals surface area contributed by atoms with Gasteiger partial charge in [-0.3, -0.25) is 0 Å². The minimum atomic E-state index is 0.248. The lowest BCUT2D eigenvalue weighted by molar-refractivity contribution is 0.217. The van der Waals surface area contributed by atoms with E-state index in [-0.39, 0.29) is 4.99 Å².